The van der Waals surface area contributed by atoms with E-state index >= 15 is 0 Å². The first-order valence-corrected chi connectivity index (χ1v) is 3.63. The molecule has 1 aromatic heterocycles. The second-order valence-electron chi connectivity index (χ2n) is 2.60. The number of amides is 2. The zero-order chi connectivity index (χ0) is 8.55. The van der Waals surface area contributed by atoms with E-state index in [2.05, 4.69) is 20.6 Å². The number of anilines is 1. The van der Waals surface area contributed by atoms with Gasteiger partial charge in [-0.05, 0) is 6.92 Å². The maximum Gasteiger partial charge on any atom is 0.320 e. The molecule has 2 rings (SSSR count). The summed E-state index contributed by atoms with van der Waals surface area (Å²) in [6, 6.07) is -0.208. The van der Waals surface area contributed by atoms with Crippen molar-refractivity contribution in [2.24, 2.45) is 0 Å². The van der Waals surface area contributed by atoms with Crippen molar-refractivity contribution in [1.29, 1.82) is 0 Å². The Morgan fingerprint density at radius 1 is 1.58 bits per heavy atom. The van der Waals surface area contributed by atoms with Crippen molar-refractivity contribution in [1.82, 2.24) is 15.3 Å². The standard InChI is InChI=1S/C7H8N4O/c1-4-8-2-5-3-9-7(12)11-6(5)10-4/h2H,3H2,1H3,(H2,8,9,10,11,12). The average Bonchev–Trinajstić information content (AvgIpc) is 2.03. The number of urea groups is 1. The van der Waals surface area contributed by atoms with Crippen LogP contribution in [-0.4, -0.2) is 16.0 Å². The lowest BCUT2D eigenvalue weighted by Crippen LogP contribution is -2.34. The van der Waals surface area contributed by atoms with Crippen LogP contribution in [0.4, 0.5) is 10.6 Å². The zero-order valence-electron chi connectivity index (χ0n) is 6.59. The van der Waals surface area contributed by atoms with Gasteiger partial charge in [0, 0.05) is 18.3 Å². The van der Waals surface area contributed by atoms with Gasteiger partial charge in [0.15, 0.2) is 0 Å². The minimum absolute atomic E-state index is 0.208. The largest absolute Gasteiger partial charge is 0.334 e. The van der Waals surface area contributed by atoms with E-state index in [9.17, 15) is 4.79 Å². The van der Waals surface area contributed by atoms with Crippen LogP contribution in [0.15, 0.2) is 6.20 Å². The Hall–Kier alpha value is -1.65. The van der Waals surface area contributed by atoms with E-state index in [0.717, 1.165) is 5.56 Å². The lowest BCUT2D eigenvalue weighted by atomic mass is 10.2. The van der Waals surface area contributed by atoms with Crippen LogP contribution in [0.1, 0.15) is 11.4 Å². The van der Waals surface area contributed by atoms with Gasteiger partial charge in [-0.2, -0.15) is 0 Å². The Morgan fingerprint density at radius 2 is 2.42 bits per heavy atom. The second-order valence-corrected chi connectivity index (χ2v) is 2.60. The quantitative estimate of drug-likeness (QED) is 0.584. The Morgan fingerprint density at radius 3 is 3.25 bits per heavy atom. The topological polar surface area (TPSA) is 66.9 Å². The van der Waals surface area contributed by atoms with Gasteiger partial charge in [0.25, 0.3) is 0 Å². The van der Waals surface area contributed by atoms with Gasteiger partial charge in [0.1, 0.15) is 11.6 Å². The number of carbonyl (C=O) groups is 1. The molecule has 0 aliphatic carbocycles. The normalized spacial score (nSPS) is 14.6. The highest BCUT2D eigenvalue weighted by Crippen LogP contribution is 2.13. The third kappa shape index (κ3) is 1.09. The second kappa shape index (κ2) is 2.44. The first kappa shape index (κ1) is 7.02. The number of nitrogens with zero attached hydrogens (tertiary/aromatic N) is 2. The van der Waals surface area contributed by atoms with Gasteiger partial charge in [-0.3, -0.25) is 5.32 Å². The lowest BCUT2D eigenvalue weighted by Gasteiger charge is -2.16. The molecule has 2 N–H and O–H groups in total. The third-order valence-electron chi connectivity index (χ3n) is 1.66. The van der Waals surface area contributed by atoms with Crippen molar-refractivity contribution in [3.8, 4) is 0 Å². The van der Waals surface area contributed by atoms with Crippen LogP contribution in [0.3, 0.4) is 0 Å². The van der Waals surface area contributed by atoms with Gasteiger partial charge in [0.2, 0.25) is 0 Å². The van der Waals surface area contributed by atoms with Gasteiger partial charge in [-0.1, -0.05) is 0 Å². The fraction of sp³-hybridized carbons (Fsp3) is 0.286. The first-order valence-electron chi connectivity index (χ1n) is 3.63. The number of aromatic nitrogens is 2. The molecule has 0 saturated carbocycles. The van der Waals surface area contributed by atoms with E-state index in [1.165, 1.54) is 0 Å². The summed E-state index contributed by atoms with van der Waals surface area (Å²) in [6.07, 6.45) is 1.71. The van der Waals surface area contributed by atoms with Gasteiger partial charge >= 0.3 is 6.03 Å². The number of fused-ring (bicyclic) bond motifs is 1. The Labute approximate surface area is 69.2 Å². The third-order valence-corrected chi connectivity index (χ3v) is 1.66. The van der Waals surface area contributed by atoms with E-state index in [1.54, 1.807) is 13.1 Å². The SMILES string of the molecule is Cc1ncc2c(n1)NC(=O)NC2. The molecule has 12 heavy (non-hydrogen) atoms. The fourth-order valence-electron chi connectivity index (χ4n) is 1.06. The van der Waals surface area contributed by atoms with Crippen LogP contribution < -0.4 is 10.6 Å². The summed E-state index contributed by atoms with van der Waals surface area (Å²) in [5.41, 5.74) is 0.917. The van der Waals surface area contributed by atoms with Crippen molar-refractivity contribution >= 4 is 11.8 Å². The molecular formula is C7H8N4O. The molecular weight excluding hydrogens is 156 g/mol. The number of aryl methyl sites for hydroxylation is 1. The molecule has 0 unspecified atom stereocenters. The lowest BCUT2D eigenvalue weighted by molar-refractivity contribution is 0.250. The van der Waals surface area contributed by atoms with Crippen molar-refractivity contribution in [2.75, 3.05) is 5.32 Å². The maximum absolute atomic E-state index is 10.9. The smallest absolute Gasteiger partial charge is 0.320 e. The number of carbonyl (C=O) groups excluding carboxylic acids is 1. The van der Waals surface area contributed by atoms with Gasteiger partial charge in [0.05, 0.1) is 0 Å². The minimum Gasteiger partial charge on any atom is -0.334 e. The fourth-order valence-corrected chi connectivity index (χ4v) is 1.06. The zero-order valence-corrected chi connectivity index (χ0v) is 6.59. The number of rotatable bonds is 0. The number of hydrogen-bond acceptors (Lipinski definition) is 3. The summed E-state index contributed by atoms with van der Waals surface area (Å²) in [5.74, 6) is 1.28. The molecule has 0 spiro atoms. The molecule has 62 valence electrons. The molecule has 5 nitrogen and oxygen atoms in total. The highest BCUT2D eigenvalue weighted by Gasteiger charge is 2.14. The van der Waals surface area contributed by atoms with Crippen LogP contribution >= 0.6 is 0 Å². The predicted molar refractivity (Wildman–Crippen MR) is 42.6 cm³/mol. The van der Waals surface area contributed by atoms with Crippen LogP contribution in [0.25, 0.3) is 0 Å². The molecule has 0 radical (unpaired) electrons. The highest BCUT2D eigenvalue weighted by atomic mass is 16.2. The summed E-state index contributed by atoms with van der Waals surface area (Å²) in [5, 5.41) is 5.23. The van der Waals surface area contributed by atoms with E-state index in [0.29, 0.717) is 18.2 Å². The molecule has 0 aromatic carbocycles. The van der Waals surface area contributed by atoms with Crippen molar-refractivity contribution < 1.29 is 4.79 Å². The van der Waals surface area contributed by atoms with E-state index < -0.39 is 0 Å². The van der Waals surface area contributed by atoms with E-state index in [4.69, 9.17) is 0 Å². The first-order chi connectivity index (χ1) is 5.75. The molecule has 5 heteroatoms. The molecule has 0 atom stereocenters. The summed E-state index contributed by atoms with van der Waals surface area (Å²) < 4.78 is 0. The van der Waals surface area contributed by atoms with E-state index in [-0.39, 0.29) is 6.03 Å². The van der Waals surface area contributed by atoms with Crippen molar-refractivity contribution in [3.05, 3.63) is 17.6 Å². The summed E-state index contributed by atoms with van der Waals surface area (Å²) >= 11 is 0. The van der Waals surface area contributed by atoms with Crippen LogP contribution in [-0.2, 0) is 6.54 Å². The summed E-state index contributed by atoms with van der Waals surface area (Å²) in [7, 11) is 0. The monoisotopic (exact) mass is 164 g/mol. The minimum atomic E-state index is -0.208. The molecule has 0 bridgehead atoms. The Bertz CT molecular complexity index is 336. The summed E-state index contributed by atoms with van der Waals surface area (Å²) in [6.45, 7) is 2.29. The van der Waals surface area contributed by atoms with Gasteiger partial charge in [-0.15, -0.1) is 0 Å². The molecule has 2 amide bonds. The Balaban J connectivity index is 2.44. The van der Waals surface area contributed by atoms with Crippen LogP contribution in [0.5, 0.6) is 0 Å². The number of nitrogens with one attached hydrogen (secondary N) is 2. The average molecular weight is 164 g/mol. The maximum atomic E-state index is 10.9. The van der Waals surface area contributed by atoms with Gasteiger partial charge < -0.3 is 5.32 Å². The molecule has 0 fully saturated rings. The molecule has 1 aliphatic heterocycles. The molecule has 2 heterocycles. The van der Waals surface area contributed by atoms with Crippen LogP contribution in [0.2, 0.25) is 0 Å². The highest BCUT2D eigenvalue weighted by molar-refractivity contribution is 5.90. The molecule has 0 saturated heterocycles. The molecule has 1 aromatic rings. The summed E-state index contributed by atoms with van der Waals surface area (Å²) in [4.78, 5) is 19.0. The van der Waals surface area contributed by atoms with Crippen molar-refractivity contribution in [3.63, 3.8) is 0 Å². The predicted octanol–water partition coefficient (Wildman–Crippen LogP) is 0.420. The number of hydrogen-bond donors (Lipinski definition) is 2. The van der Waals surface area contributed by atoms with Crippen molar-refractivity contribution in [2.45, 2.75) is 13.5 Å². The van der Waals surface area contributed by atoms with Gasteiger partial charge in [-0.25, -0.2) is 14.8 Å². The van der Waals surface area contributed by atoms with E-state index in [1.807, 2.05) is 0 Å². The van der Waals surface area contributed by atoms with Crippen LogP contribution in [0, 0.1) is 6.92 Å². The Kier molecular flexibility index (Phi) is 1.43. The molecule has 1 aliphatic rings.